The molecule has 0 atom stereocenters. The highest BCUT2D eigenvalue weighted by molar-refractivity contribution is 6.04. The Morgan fingerprint density at radius 3 is 2.43 bits per heavy atom. The molecule has 0 aliphatic rings. The molecule has 4 nitrogen and oxygen atoms in total. The average Bonchev–Trinajstić information content (AvgIpc) is 2.76. The molecule has 0 spiro atoms. The highest BCUT2D eigenvalue weighted by Crippen LogP contribution is 2.20. The van der Waals surface area contributed by atoms with E-state index in [0.29, 0.717) is 30.0 Å². The number of benzene rings is 1. The second-order valence-electron chi connectivity index (χ2n) is 6.35. The number of nitrogens with one attached hydrogen (secondary N) is 1. The zero-order valence-electron chi connectivity index (χ0n) is 13.6. The van der Waals surface area contributed by atoms with E-state index in [4.69, 9.17) is 0 Å². The van der Waals surface area contributed by atoms with Crippen molar-refractivity contribution in [1.82, 2.24) is 15.1 Å². The molecule has 1 aromatic heterocycles. The van der Waals surface area contributed by atoms with Crippen molar-refractivity contribution in [2.75, 3.05) is 6.54 Å². The smallest absolute Gasteiger partial charge is 0.272 e. The summed E-state index contributed by atoms with van der Waals surface area (Å²) < 4.78 is 1.76. The van der Waals surface area contributed by atoms with E-state index in [0.717, 1.165) is 10.9 Å². The Hall–Kier alpha value is -1.84. The fourth-order valence-electron chi connectivity index (χ4n) is 2.92. The van der Waals surface area contributed by atoms with Gasteiger partial charge in [-0.2, -0.15) is 5.10 Å². The molecule has 2 aromatic rings. The predicted molar refractivity (Wildman–Crippen MR) is 86.2 cm³/mol. The van der Waals surface area contributed by atoms with Crippen molar-refractivity contribution in [1.29, 1.82) is 0 Å². The third-order valence-electron chi connectivity index (χ3n) is 4.18. The van der Waals surface area contributed by atoms with Gasteiger partial charge in [-0.1, -0.05) is 45.9 Å². The van der Waals surface area contributed by atoms with Gasteiger partial charge in [0.1, 0.15) is 0 Å². The number of aryl methyl sites for hydroxylation is 1. The number of amides is 1. The quantitative estimate of drug-likeness (QED) is 0.917. The molecule has 1 heterocycles. The number of fused-ring (bicyclic) bond motifs is 1. The molecule has 1 amide bonds. The summed E-state index contributed by atoms with van der Waals surface area (Å²) in [6.45, 7) is 9.50. The summed E-state index contributed by atoms with van der Waals surface area (Å²) in [6.07, 6.45) is 0. The molecule has 21 heavy (non-hydrogen) atoms. The molecular weight excluding hydrogens is 262 g/mol. The van der Waals surface area contributed by atoms with E-state index < -0.39 is 0 Å². The first-order valence-electron chi connectivity index (χ1n) is 7.61. The predicted octanol–water partition coefficient (Wildman–Crippen LogP) is 3.23. The fourth-order valence-corrected chi connectivity index (χ4v) is 2.92. The SMILES string of the molecule is CC(C)C(CNC(=O)c1nn(C)c2ccccc12)C(C)C. The van der Waals surface area contributed by atoms with Gasteiger partial charge in [0.05, 0.1) is 5.52 Å². The summed E-state index contributed by atoms with van der Waals surface area (Å²) in [5, 5.41) is 8.32. The Morgan fingerprint density at radius 2 is 1.81 bits per heavy atom. The Bertz CT molecular complexity index is 620. The molecule has 0 radical (unpaired) electrons. The van der Waals surface area contributed by atoms with Crippen molar-refractivity contribution in [3.05, 3.63) is 30.0 Å². The number of carbonyl (C=O) groups excluding carboxylic acids is 1. The standard InChI is InChI=1S/C17H25N3O/c1-11(2)14(12(3)4)10-18-17(21)16-13-8-6-7-9-15(13)20(5)19-16/h6-9,11-12,14H,10H2,1-5H3,(H,18,21). The molecule has 114 valence electrons. The molecule has 0 unspecified atom stereocenters. The lowest BCUT2D eigenvalue weighted by Gasteiger charge is -2.24. The molecule has 0 bridgehead atoms. The van der Waals surface area contributed by atoms with Crippen LogP contribution < -0.4 is 5.32 Å². The number of carbonyl (C=O) groups is 1. The summed E-state index contributed by atoms with van der Waals surface area (Å²) in [4.78, 5) is 12.4. The first-order chi connectivity index (χ1) is 9.91. The minimum Gasteiger partial charge on any atom is -0.350 e. The molecule has 0 saturated carbocycles. The maximum atomic E-state index is 12.4. The van der Waals surface area contributed by atoms with Gasteiger partial charge in [-0.15, -0.1) is 0 Å². The van der Waals surface area contributed by atoms with Crippen LogP contribution in [0.2, 0.25) is 0 Å². The van der Waals surface area contributed by atoms with E-state index in [1.54, 1.807) is 4.68 Å². The molecule has 1 aromatic carbocycles. The average molecular weight is 287 g/mol. The van der Waals surface area contributed by atoms with Crippen LogP contribution >= 0.6 is 0 Å². The summed E-state index contributed by atoms with van der Waals surface area (Å²) in [7, 11) is 1.87. The fraction of sp³-hybridized carbons (Fsp3) is 0.529. The van der Waals surface area contributed by atoms with Gasteiger partial charge in [0.15, 0.2) is 5.69 Å². The van der Waals surface area contributed by atoms with Crippen LogP contribution in [0, 0.1) is 17.8 Å². The third-order valence-corrected chi connectivity index (χ3v) is 4.18. The van der Waals surface area contributed by atoms with Crippen LogP contribution in [0.15, 0.2) is 24.3 Å². The molecule has 4 heteroatoms. The normalized spacial score (nSPS) is 11.8. The molecule has 0 aliphatic heterocycles. The van der Waals surface area contributed by atoms with Crippen molar-refractivity contribution < 1.29 is 4.79 Å². The first kappa shape index (κ1) is 15.5. The van der Waals surface area contributed by atoms with Gasteiger partial charge in [-0.05, 0) is 23.8 Å². The van der Waals surface area contributed by atoms with E-state index in [1.807, 2.05) is 31.3 Å². The Kier molecular flexibility index (Phi) is 4.66. The van der Waals surface area contributed by atoms with Gasteiger partial charge >= 0.3 is 0 Å². The molecule has 2 rings (SSSR count). The van der Waals surface area contributed by atoms with E-state index in [1.165, 1.54) is 0 Å². The Labute approximate surface area is 126 Å². The second kappa shape index (κ2) is 6.29. The molecule has 0 aliphatic carbocycles. The first-order valence-corrected chi connectivity index (χ1v) is 7.61. The lowest BCUT2D eigenvalue weighted by molar-refractivity contribution is 0.0933. The number of hydrogen-bond acceptors (Lipinski definition) is 2. The van der Waals surface area contributed by atoms with Gasteiger partial charge < -0.3 is 5.32 Å². The molecule has 1 N–H and O–H groups in total. The van der Waals surface area contributed by atoms with Gasteiger partial charge in [0, 0.05) is 19.0 Å². The highest BCUT2D eigenvalue weighted by atomic mass is 16.1. The number of hydrogen-bond donors (Lipinski definition) is 1. The van der Waals surface area contributed by atoms with Gasteiger partial charge in [0.25, 0.3) is 5.91 Å². The van der Waals surface area contributed by atoms with Crippen LogP contribution in [0.5, 0.6) is 0 Å². The summed E-state index contributed by atoms with van der Waals surface area (Å²) in [5.41, 5.74) is 1.49. The number of rotatable bonds is 5. The number of para-hydroxylation sites is 1. The van der Waals surface area contributed by atoms with Crippen molar-refractivity contribution in [3.8, 4) is 0 Å². The number of aromatic nitrogens is 2. The lowest BCUT2D eigenvalue weighted by Crippen LogP contribution is -2.34. The minimum atomic E-state index is -0.0851. The van der Waals surface area contributed by atoms with E-state index in [2.05, 4.69) is 38.1 Å². The van der Waals surface area contributed by atoms with Crippen molar-refractivity contribution in [3.63, 3.8) is 0 Å². The van der Waals surface area contributed by atoms with Crippen LogP contribution in [0.4, 0.5) is 0 Å². The molecule has 0 fully saturated rings. The van der Waals surface area contributed by atoms with Crippen LogP contribution in [-0.2, 0) is 7.05 Å². The van der Waals surface area contributed by atoms with Crippen molar-refractivity contribution in [2.45, 2.75) is 27.7 Å². The van der Waals surface area contributed by atoms with Gasteiger partial charge in [0.2, 0.25) is 0 Å². The Morgan fingerprint density at radius 1 is 1.19 bits per heavy atom. The van der Waals surface area contributed by atoms with Crippen LogP contribution in [0.3, 0.4) is 0 Å². The zero-order valence-corrected chi connectivity index (χ0v) is 13.6. The van der Waals surface area contributed by atoms with E-state index in [9.17, 15) is 4.79 Å². The summed E-state index contributed by atoms with van der Waals surface area (Å²) in [6, 6.07) is 7.81. The number of nitrogens with zero attached hydrogens (tertiary/aromatic N) is 2. The maximum absolute atomic E-state index is 12.4. The lowest BCUT2D eigenvalue weighted by atomic mass is 9.85. The van der Waals surface area contributed by atoms with Gasteiger partial charge in [-0.25, -0.2) is 0 Å². The zero-order chi connectivity index (χ0) is 15.6. The Balaban J connectivity index is 2.16. The van der Waals surface area contributed by atoms with Gasteiger partial charge in [-0.3, -0.25) is 9.48 Å². The van der Waals surface area contributed by atoms with Crippen LogP contribution in [0.25, 0.3) is 10.9 Å². The highest BCUT2D eigenvalue weighted by Gasteiger charge is 2.20. The van der Waals surface area contributed by atoms with Crippen molar-refractivity contribution in [2.24, 2.45) is 24.8 Å². The topological polar surface area (TPSA) is 46.9 Å². The second-order valence-corrected chi connectivity index (χ2v) is 6.35. The maximum Gasteiger partial charge on any atom is 0.272 e. The molecule has 0 saturated heterocycles. The van der Waals surface area contributed by atoms with Crippen LogP contribution in [-0.4, -0.2) is 22.2 Å². The van der Waals surface area contributed by atoms with E-state index in [-0.39, 0.29) is 5.91 Å². The van der Waals surface area contributed by atoms with Crippen LogP contribution in [0.1, 0.15) is 38.2 Å². The largest absolute Gasteiger partial charge is 0.350 e. The third kappa shape index (κ3) is 3.26. The monoisotopic (exact) mass is 287 g/mol. The summed E-state index contributed by atoms with van der Waals surface area (Å²) in [5.74, 6) is 1.48. The summed E-state index contributed by atoms with van der Waals surface area (Å²) >= 11 is 0. The van der Waals surface area contributed by atoms with Crippen molar-refractivity contribution >= 4 is 16.8 Å². The van der Waals surface area contributed by atoms with E-state index >= 15 is 0 Å². The minimum absolute atomic E-state index is 0.0851. The molecular formula is C17H25N3O.